The highest BCUT2D eigenvalue weighted by molar-refractivity contribution is 6.58. The number of alkyl halides is 2. The molecule has 4 aliphatic rings. The summed E-state index contributed by atoms with van der Waals surface area (Å²) in [4.78, 5) is 63.7. The molecule has 12 heteroatoms. The van der Waals surface area contributed by atoms with E-state index in [0.717, 1.165) is 17.0 Å². The molecule has 2 heterocycles. The molecule has 3 fully saturated rings. The van der Waals surface area contributed by atoms with Gasteiger partial charge in [0.15, 0.2) is 9.75 Å². The van der Waals surface area contributed by atoms with Crippen LogP contribution in [0.5, 0.6) is 5.75 Å². The summed E-state index contributed by atoms with van der Waals surface area (Å²) in [5.41, 5.74) is 6.85. The molecule has 2 aliphatic heterocycles. The first-order valence-electron chi connectivity index (χ1n) is 12.5. The number of urea groups is 1. The fourth-order valence-electron chi connectivity index (χ4n) is 6.85. The highest BCUT2D eigenvalue weighted by atomic mass is 35.5. The molecular formula is C28H22Cl2FN3O6. The van der Waals surface area contributed by atoms with Gasteiger partial charge in [-0.05, 0) is 67.1 Å². The zero-order chi connectivity index (χ0) is 28.9. The molecule has 2 aromatic carbocycles. The lowest BCUT2D eigenvalue weighted by atomic mass is 9.56. The Kier molecular flexibility index (Phi) is 5.70. The fraction of sp³-hybridized carbons (Fsp3) is 0.321. The van der Waals surface area contributed by atoms with Crippen molar-refractivity contribution in [2.75, 3.05) is 4.90 Å². The maximum atomic E-state index is 14.2. The standard InChI is InChI=1S/C28H22Cl2FN3O6/c1-12-10-13(2-9-19(12)35)21-16-7-8-17-20(23(37)34(22(17)36)26(32)40)18(16)11-27(29)24(38)33(25(39)28(21,27)30)15-5-3-14(31)4-6-15/h2-7,9-10,17-18,20-21,35H,8,11H2,1H3,(H2,32,40). The molecule has 40 heavy (non-hydrogen) atoms. The summed E-state index contributed by atoms with van der Waals surface area (Å²) in [5, 5.41) is 10.2. The zero-order valence-corrected chi connectivity index (χ0v) is 22.4. The first kappa shape index (κ1) is 26.5. The van der Waals surface area contributed by atoms with Gasteiger partial charge in [0.1, 0.15) is 11.6 Å². The quantitative estimate of drug-likeness (QED) is 0.314. The SMILES string of the molecule is Cc1cc(C2C3=CCC4C(=O)N(C(N)=O)C(=O)C4C3CC3(Cl)C(=O)N(c4ccc(F)cc4)C(=O)C23Cl)ccc1O. The van der Waals surface area contributed by atoms with Gasteiger partial charge in [-0.3, -0.25) is 19.2 Å². The van der Waals surface area contributed by atoms with E-state index in [1.165, 1.54) is 18.2 Å². The number of rotatable bonds is 2. The molecule has 0 bridgehead atoms. The van der Waals surface area contributed by atoms with Crippen LogP contribution in [-0.4, -0.2) is 49.4 Å². The van der Waals surface area contributed by atoms with Crippen LogP contribution in [0.3, 0.4) is 0 Å². The first-order valence-corrected chi connectivity index (χ1v) is 13.3. The second kappa shape index (κ2) is 8.62. The molecule has 0 spiro atoms. The number of carbonyl (C=O) groups excluding carboxylic acids is 5. The largest absolute Gasteiger partial charge is 0.508 e. The molecule has 0 radical (unpaired) electrons. The van der Waals surface area contributed by atoms with Crippen LogP contribution in [0, 0.1) is 30.5 Å². The molecule has 206 valence electrons. The number of amides is 6. The molecule has 9 nitrogen and oxygen atoms in total. The lowest BCUT2D eigenvalue weighted by molar-refractivity contribution is -0.136. The van der Waals surface area contributed by atoms with E-state index in [9.17, 15) is 33.5 Å². The Labute approximate surface area is 237 Å². The number of phenolic OH excluding ortho intramolecular Hbond substituents is 1. The average molecular weight is 586 g/mol. The van der Waals surface area contributed by atoms with E-state index in [1.807, 2.05) is 0 Å². The van der Waals surface area contributed by atoms with Crippen LogP contribution >= 0.6 is 23.2 Å². The van der Waals surface area contributed by atoms with Crippen LogP contribution in [0.2, 0.25) is 0 Å². The van der Waals surface area contributed by atoms with Crippen LogP contribution < -0.4 is 10.6 Å². The Balaban J connectivity index is 1.57. The third-order valence-electron chi connectivity index (χ3n) is 8.67. The van der Waals surface area contributed by atoms with Crippen molar-refractivity contribution in [3.63, 3.8) is 0 Å². The van der Waals surface area contributed by atoms with Crippen LogP contribution in [0.25, 0.3) is 0 Å². The van der Waals surface area contributed by atoms with Gasteiger partial charge in [-0.15, -0.1) is 23.2 Å². The number of aromatic hydroxyl groups is 1. The predicted molar refractivity (Wildman–Crippen MR) is 141 cm³/mol. The normalized spacial score (nSPS) is 33.0. The van der Waals surface area contributed by atoms with E-state index in [0.29, 0.717) is 21.6 Å². The van der Waals surface area contributed by atoms with Gasteiger partial charge in [-0.1, -0.05) is 23.8 Å². The maximum absolute atomic E-state index is 14.2. The summed E-state index contributed by atoms with van der Waals surface area (Å²) in [6.07, 6.45) is 1.50. The third kappa shape index (κ3) is 3.23. The maximum Gasteiger partial charge on any atom is 0.328 e. The number of carbonyl (C=O) groups is 5. The Bertz CT molecular complexity index is 1580. The van der Waals surface area contributed by atoms with Gasteiger partial charge >= 0.3 is 6.03 Å². The Morgan fingerprint density at radius 1 is 1.02 bits per heavy atom. The number of primary amides is 1. The molecule has 6 amide bonds. The topological polar surface area (TPSA) is 138 Å². The van der Waals surface area contributed by atoms with Crippen LogP contribution in [-0.2, 0) is 19.2 Å². The van der Waals surface area contributed by atoms with Crippen LogP contribution in [0.15, 0.2) is 54.1 Å². The Hall–Kier alpha value is -3.76. The number of fused-ring (bicyclic) bond motifs is 4. The van der Waals surface area contributed by atoms with Crippen LogP contribution in [0.4, 0.5) is 14.9 Å². The number of aryl methyl sites for hydroxylation is 1. The number of nitrogens with zero attached hydrogens (tertiary/aromatic N) is 2. The lowest BCUT2D eigenvalue weighted by Crippen LogP contribution is -2.60. The monoisotopic (exact) mass is 585 g/mol. The van der Waals surface area contributed by atoms with E-state index in [2.05, 4.69) is 0 Å². The number of nitrogens with two attached hydrogens (primary N) is 1. The summed E-state index contributed by atoms with van der Waals surface area (Å²) in [7, 11) is 0. The second-order valence-electron chi connectivity index (χ2n) is 10.6. The van der Waals surface area contributed by atoms with Gasteiger partial charge in [-0.25, -0.2) is 14.1 Å². The predicted octanol–water partition coefficient (Wildman–Crippen LogP) is 3.48. The van der Waals surface area contributed by atoms with E-state index < -0.39 is 68.9 Å². The minimum absolute atomic E-state index is 0.00927. The number of hydrogen-bond acceptors (Lipinski definition) is 6. The van der Waals surface area contributed by atoms with Gasteiger partial charge < -0.3 is 10.8 Å². The van der Waals surface area contributed by atoms with Crippen molar-refractivity contribution in [2.45, 2.75) is 35.4 Å². The van der Waals surface area contributed by atoms with E-state index in [1.54, 1.807) is 25.1 Å². The van der Waals surface area contributed by atoms with Crippen LogP contribution in [0.1, 0.15) is 29.9 Å². The van der Waals surface area contributed by atoms with Crippen molar-refractivity contribution in [1.82, 2.24) is 4.90 Å². The molecule has 0 aromatic heterocycles. The average Bonchev–Trinajstić information content (AvgIpc) is 3.25. The molecule has 3 N–H and O–H groups in total. The van der Waals surface area contributed by atoms with Gasteiger partial charge in [0.25, 0.3) is 11.8 Å². The third-order valence-corrected chi connectivity index (χ3v) is 10.1. The van der Waals surface area contributed by atoms with Crippen molar-refractivity contribution in [3.05, 3.63) is 71.1 Å². The van der Waals surface area contributed by atoms with Crippen molar-refractivity contribution in [2.24, 2.45) is 23.5 Å². The summed E-state index contributed by atoms with van der Waals surface area (Å²) >= 11 is 14.4. The summed E-state index contributed by atoms with van der Waals surface area (Å²) in [6.45, 7) is 1.65. The zero-order valence-electron chi connectivity index (χ0n) is 20.9. The van der Waals surface area contributed by atoms with E-state index in [4.69, 9.17) is 28.9 Å². The number of likely N-dealkylation sites (tertiary alicyclic amines) is 1. The van der Waals surface area contributed by atoms with E-state index >= 15 is 0 Å². The van der Waals surface area contributed by atoms with Crippen molar-refractivity contribution in [1.29, 1.82) is 0 Å². The van der Waals surface area contributed by atoms with Crippen molar-refractivity contribution in [3.8, 4) is 5.75 Å². The van der Waals surface area contributed by atoms with Gasteiger partial charge in [0, 0.05) is 5.92 Å². The summed E-state index contributed by atoms with van der Waals surface area (Å²) < 4.78 is 13.7. The molecule has 6 rings (SSSR count). The molecular weight excluding hydrogens is 564 g/mol. The Morgan fingerprint density at radius 2 is 1.70 bits per heavy atom. The number of benzene rings is 2. The summed E-state index contributed by atoms with van der Waals surface area (Å²) in [6, 6.07) is 8.10. The molecule has 2 aliphatic carbocycles. The van der Waals surface area contributed by atoms with Gasteiger partial charge in [0.05, 0.1) is 17.5 Å². The molecule has 6 atom stereocenters. The Morgan fingerprint density at radius 3 is 2.33 bits per heavy atom. The summed E-state index contributed by atoms with van der Waals surface area (Å²) in [5.74, 6) is -7.66. The number of hydrogen-bond donors (Lipinski definition) is 2. The second-order valence-corrected chi connectivity index (χ2v) is 11.9. The van der Waals surface area contributed by atoms with E-state index in [-0.39, 0.29) is 24.3 Å². The number of phenols is 1. The lowest BCUT2D eigenvalue weighted by Gasteiger charge is -2.50. The van der Waals surface area contributed by atoms with Gasteiger partial charge in [-0.2, -0.15) is 4.90 Å². The molecule has 6 unspecified atom stereocenters. The molecule has 2 aromatic rings. The molecule has 2 saturated heterocycles. The number of imide groups is 4. The minimum Gasteiger partial charge on any atom is -0.508 e. The highest BCUT2D eigenvalue weighted by Gasteiger charge is 2.76. The minimum atomic E-state index is -2.09. The molecule has 1 saturated carbocycles. The highest BCUT2D eigenvalue weighted by Crippen LogP contribution is 2.65. The smallest absolute Gasteiger partial charge is 0.328 e. The fourth-order valence-corrected chi connectivity index (χ4v) is 7.78. The van der Waals surface area contributed by atoms with Crippen molar-refractivity contribution < 1.29 is 33.5 Å². The number of anilines is 1. The van der Waals surface area contributed by atoms with Crippen molar-refractivity contribution >= 4 is 58.5 Å². The number of halogens is 3. The number of allylic oxidation sites excluding steroid dienone is 2. The van der Waals surface area contributed by atoms with Gasteiger partial charge in [0.2, 0.25) is 11.8 Å². The first-order chi connectivity index (χ1) is 18.8.